The van der Waals surface area contributed by atoms with Crippen molar-refractivity contribution in [2.24, 2.45) is 0 Å². The van der Waals surface area contributed by atoms with Crippen LogP contribution in [-0.2, 0) is 0 Å². The minimum atomic E-state index is -5.70. The van der Waals surface area contributed by atoms with E-state index in [2.05, 4.69) is 0 Å². The number of fused-ring (bicyclic) bond motifs is 1. The predicted molar refractivity (Wildman–Crippen MR) is 94.3 cm³/mol. The van der Waals surface area contributed by atoms with Crippen molar-refractivity contribution in [3.8, 4) is 5.75 Å². The molecular formula is C16H9ClF5NO2S2. The molecule has 0 bridgehead atoms. The number of benzene rings is 1. The standard InChI is InChI=1S/C16H9ClF5NO2S2/c1-7-4-8-5-11(24)9(17)6-10(8)23(7)14(25)12-2-3-13(26-12)27-16(21,22)15(18,19)20/h2-6,24H,1H3. The first-order chi connectivity index (χ1) is 12.4. The highest BCUT2D eigenvalue weighted by Crippen LogP contribution is 2.49. The molecule has 144 valence electrons. The molecule has 3 aromatic rings. The Bertz CT molecular complexity index is 1040. The van der Waals surface area contributed by atoms with Gasteiger partial charge >= 0.3 is 11.4 Å². The molecule has 0 saturated heterocycles. The van der Waals surface area contributed by atoms with Crippen molar-refractivity contribution in [2.75, 3.05) is 0 Å². The van der Waals surface area contributed by atoms with Crippen LogP contribution < -0.4 is 0 Å². The lowest BCUT2D eigenvalue weighted by atomic mass is 10.2. The fraction of sp³-hybridized carbons (Fsp3) is 0.188. The molecule has 27 heavy (non-hydrogen) atoms. The molecule has 3 rings (SSSR count). The molecule has 0 aliphatic rings. The lowest BCUT2D eigenvalue weighted by Gasteiger charge is -2.17. The Kier molecular flexibility index (Phi) is 4.94. The van der Waals surface area contributed by atoms with Crippen molar-refractivity contribution < 1.29 is 31.9 Å². The molecule has 0 fully saturated rings. The Labute approximate surface area is 162 Å². The molecule has 0 atom stereocenters. The fourth-order valence-electron chi connectivity index (χ4n) is 2.41. The Morgan fingerprint density at radius 2 is 1.85 bits per heavy atom. The number of thiophene rings is 1. The minimum Gasteiger partial charge on any atom is -0.506 e. The van der Waals surface area contributed by atoms with E-state index in [9.17, 15) is 31.9 Å². The summed E-state index contributed by atoms with van der Waals surface area (Å²) < 4.78 is 64.3. The van der Waals surface area contributed by atoms with Gasteiger partial charge in [-0.25, -0.2) is 0 Å². The topological polar surface area (TPSA) is 42.2 Å². The molecular weight excluding hydrogens is 433 g/mol. The van der Waals surface area contributed by atoms with E-state index >= 15 is 0 Å². The van der Waals surface area contributed by atoms with Gasteiger partial charge in [-0.15, -0.1) is 11.3 Å². The van der Waals surface area contributed by atoms with E-state index in [1.165, 1.54) is 22.8 Å². The van der Waals surface area contributed by atoms with Crippen LogP contribution in [0.25, 0.3) is 10.9 Å². The van der Waals surface area contributed by atoms with Crippen LogP contribution in [-0.4, -0.2) is 27.0 Å². The zero-order valence-electron chi connectivity index (χ0n) is 13.3. The summed E-state index contributed by atoms with van der Waals surface area (Å²) in [4.78, 5) is 12.7. The van der Waals surface area contributed by atoms with Gasteiger partial charge in [0.15, 0.2) is 0 Å². The van der Waals surface area contributed by atoms with E-state index in [0.717, 1.165) is 6.07 Å². The summed E-state index contributed by atoms with van der Waals surface area (Å²) >= 11 is 5.76. The molecule has 1 N–H and O–H groups in total. The number of thioether (sulfide) groups is 1. The second-order valence-corrected chi connectivity index (χ2v) is 8.43. The maximum Gasteiger partial charge on any atom is 0.464 e. The molecule has 11 heteroatoms. The number of aromatic nitrogens is 1. The Morgan fingerprint density at radius 3 is 2.48 bits per heavy atom. The van der Waals surface area contributed by atoms with Crippen molar-refractivity contribution in [3.63, 3.8) is 0 Å². The molecule has 2 heterocycles. The molecule has 3 nitrogen and oxygen atoms in total. The first-order valence-corrected chi connectivity index (χ1v) is 9.20. The largest absolute Gasteiger partial charge is 0.506 e. The normalized spacial score (nSPS) is 12.7. The maximum atomic E-state index is 13.2. The summed E-state index contributed by atoms with van der Waals surface area (Å²) in [5, 5.41) is 5.24. The fourth-order valence-corrected chi connectivity index (χ4v) is 4.49. The van der Waals surface area contributed by atoms with Crippen LogP contribution in [0.2, 0.25) is 5.02 Å². The summed E-state index contributed by atoms with van der Waals surface area (Å²) in [5.74, 6) is -0.769. The first kappa shape index (κ1) is 20.0. The van der Waals surface area contributed by atoms with Gasteiger partial charge in [0, 0.05) is 11.1 Å². The van der Waals surface area contributed by atoms with Crippen molar-refractivity contribution >= 4 is 51.5 Å². The maximum absolute atomic E-state index is 13.2. The monoisotopic (exact) mass is 441 g/mol. The third kappa shape index (κ3) is 3.65. The summed E-state index contributed by atoms with van der Waals surface area (Å²) in [5.41, 5.74) is 0.864. The number of phenols is 1. The average molecular weight is 442 g/mol. The number of hydrogen-bond donors (Lipinski definition) is 1. The minimum absolute atomic E-state index is 0.0136. The molecule has 0 unspecified atom stereocenters. The second kappa shape index (κ2) is 6.68. The van der Waals surface area contributed by atoms with Crippen LogP contribution in [0, 0.1) is 6.92 Å². The number of halogens is 6. The molecule has 1 aromatic carbocycles. The lowest BCUT2D eigenvalue weighted by Crippen LogP contribution is -2.32. The van der Waals surface area contributed by atoms with E-state index in [1.807, 2.05) is 0 Å². The quantitative estimate of drug-likeness (QED) is 0.383. The van der Waals surface area contributed by atoms with Crippen molar-refractivity contribution in [1.29, 1.82) is 0 Å². The summed E-state index contributed by atoms with van der Waals surface area (Å²) in [7, 11) is 0. The lowest BCUT2D eigenvalue weighted by molar-refractivity contribution is -0.237. The van der Waals surface area contributed by atoms with E-state index < -0.39 is 29.1 Å². The van der Waals surface area contributed by atoms with Crippen LogP contribution in [0.1, 0.15) is 15.4 Å². The van der Waals surface area contributed by atoms with Crippen LogP contribution >= 0.6 is 34.7 Å². The van der Waals surface area contributed by atoms with E-state index in [0.29, 0.717) is 27.9 Å². The molecule has 0 amide bonds. The van der Waals surface area contributed by atoms with Crippen LogP contribution in [0.15, 0.2) is 34.5 Å². The zero-order valence-corrected chi connectivity index (χ0v) is 15.7. The number of rotatable bonds is 3. The average Bonchev–Trinajstić information content (AvgIpc) is 3.10. The Balaban J connectivity index is 1.96. The Morgan fingerprint density at radius 1 is 1.19 bits per heavy atom. The van der Waals surface area contributed by atoms with Gasteiger partial charge in [0.2, 0.25) is 0 Å². The third-order valence-electron chi connectivity index (χ3n) is 3.61. The van der Waals surface area contributed by atoms with Gasteiger partial charge in [0.05, 0.1) is 19.6 Å². The predicted octanol–water partition coefficient (Wildman–Crippen LogP) is 6.31. The molecule has 0 aliphatic carbocycles. The zero-order chi connectivity index (χ0) is 20.1. The second-order valence-electron chi connectivity index (χ2n) is 5.52. The Hall–Kier alpha value is -1.78. The molecule has 0 radical (unpaired) electrons. The van der Waals surface area contributed by atoms with Gasteiger partial charge in [-0.2, -0.15) is 22.0 Å². The number of carbonyl (C=O) groups is 1. The van der Waals surface area contributed by atoms with Gasteiger partial charge in [-0.3, -0.25) is 9.36 Å². The smallest absolute Gasteiger partial charge is 0.464 e. The van der Waals surface area contributed by atoms with E-state index in [4.69, 9.17) is 11.6 Å². The number of carbonyl (C=O) groups excluding carboxylic acids is 1. The number of aryl methyl sites for hydroxylation is 1. The molecule has 0 spiro atoms. The van der Waals surface area contributed by atoms with Crippen LogP contribution in [0.5, 0.6) is 5.75 Å². The SMILES string of the molecule is Cc1cc2cc(O)c(Cl)cc2n1C(=O)c1ccc(SC(F)(F)C(F)(F)F)s1. The number of phenolic OH excluding ortho intramolecular Hbond substituents is 1. The van der Waals surface area contributed by atoms with Crippen molar-refractivity contribution in [3.05, 3.63) is 45.9 Å². The van der Waals surface area contributed by atoms with Crippen molar-refractivity contribution in [2.45, 2.75) is 22.6 Å². The third-order valence-corrected chi connectivity index (χ3v) is 6.10. The van der Waals surface area contributed by atoms with Crippen LogP contribution in [0.3, 0.4) is 0 Å². The van der Waals surface area contributed by atoms with Gasteiger partial charge in [0.25, 0.3) is 5.91 Å². The van der Waals surface area contributed by atoms with Gasteiger partial charge < -0.3 is 5.11 Å². The highest BCUT2D eigenvalue weighted by atomic mass is 35.5. The van der Waals surface area contributed by atoms with Gasteiger partial charge in [-0.05, 0) is 49.0 Å². The number of hydrogen-bond acceptors (Lipinski definition) is 4. The van der Waals surface area contributed by atoms with Gasteiger partial charge in [-0.1, -0.05) is 11.6 Å². The first-order valence-electron chi connectivity index (χ1n) is 7.19. The molecule has 0 aliphatic heterocycles. The number of aromatic hydroxyl groups is 1. The highest BCUT2D eigenvalue weighted by Gasteiger charge is 2.58. The summed E-state index contributed by atoms with van der Waals surface area (Å²) in [6, 6.07) is 6.59. The molecule has 0 saturated carbocycles. The van der Waals surface area contributed by atoms with E-state index in [-0.39, 0.29) is 19.9 Å². The van der Waals surface area contributed by atoms with Crippen molar-refractivity contribution in [1.82, 2.24) is 4.57 Å². The number of alkyl halides is 5. The molecule has 2 aromatic heterocycles. The van der Waals surface area contributed by atoms with E-state index in [1.54, 1.807) is 13.0 Å². The summed E-state index contributed by atoms with van der Waals surface area (Å²) in [6.07, 6.45) is -5.70. The number of nitrogens with zero attached hydrogens (tertiary/aromatic N) is 1. The highest BCUT2D eigenvalue weighted by molar-refractivity contribution is 8.02. The summed E-state index contributed by atoms with van der Waals surface area (Å²) in [6.45, 7) is 1.62. The van der Waals surface area contributed by atoms with Crippen LogP contribution in [0.4, 0.5) is 22.0 Å². The van der Waals surface area contributed by atoms with Gasteiger partial charge in [0.1, 0.15) is 5.75 Å².